The van der Waals surface area contributed by atoms with Gasteiger partial charge in [-0.25, -0.2) is 0 Å². The number of nitro benzene ring substituents is 1. The van der Waals surface area contributed by atoms with Gasteiger partial charge in [-0.1, -0.05) is 24.3 Å². The monoisotopic (exact) mass is 405 g/mol. The van der Waals surface area contributed by atoms with E-state index in [4.69, 9.17) is 0 Å². The number of hydrogen-bond donors (Lipinski definition) is 1. The first kappa shape index (κ1) is 19.6. The van der Waals surface area contributed by atoms with Gasteiger partial charge in [0.15, 0.2) is 0 Å². The van der Waals surface area contributed by atoms with Crippen LogP contribution in [0.4, 0.5) is 11.4 Å². The van der Waals surface area contributed by atoms with Crippen molar-refractivity contribution in [2.75, 3.05) is 18.4 Å². The standard InChI is InChI=1S/C22H23N5O3/c28-22(25-11-3-4-12-25)20-14-19(8-9-21(20)27(29)30)23-15-17-6-1-2-7-18(17)16-26-13-5-10-24-26/h1-2,5-10,13-14,23H,3-4,11-12,15-16H2. The molecule has 2 heterocycles. The number of anilines is 1. The van der Waals surface area contributed by atoms with Crippen LogP contribution in [0.5, 0.6) is 0 Å². The van der Waals surface area contributed by atoms with Gasteiger partial charge >= 0.3 is 0 Å². The van der Waals surface area contributed by atoms with Crippen molar-refractivity contribution in [2.45, 2.75) is 25.9 Å². The van der Waals surface area contributed by atoms with Gasteiger partial charge in [0.2, 0.25) is 0 Å². The van der Waals surface area contributed by atoms with E-state index >= 15 is 0 Å². The Morgan fingerprint density at radius 2 is 1.87 bits per heavy atom. The van der Waals surface area contributed by atoms with Gasteiger partial charge in [0.1, 0.15) is 5.56 Å². The summed E-state index contributed by atoms with van der Waals surface area (Å²) >= 11 is 0. The van der Waals surface area contributed by atoms with Gasteiger partial charge in [-0.05, 0) is 42.2 Å². The maximum atomic E-state index is 12.8. The molecule has 0 unspecified atom stereocenters. The molecule has 1 fully saturated rings. The highest BCUT2D eigenvalue weighted by Gasteiger charge is 2.26. The number of likely N-dealkylation sites (tertiary alicyclic amines) is 1. The Labute approximate surface area is 174 Å². The Hall–Kier alpha value is -3.68. The molecule has 1 aliphatic rings. The van der Waals surface area contributed by atoms with E-state index in [1.807, 2.05) is 35.1 Å². The third-order valence-electron chi connectivity index (χ3n) is 5.31. The molecular formula is C22H23N5O3. The van der Waals surface area contributed by atoms with Crippen LogP contribution in [0.15, 0.2) is 60.9 Å². The molecule has 8 nitrogen and oxygen atoms in total. The van der Waals surface area contributed by atoms with E-state index in [1.54, 1.807) is 23.2 Å². The molecule has 0 aliphatic carbocycles. The highest BCUT2D eigenvalue weighted by molar-refractivity contribution is 5.99. The van der Waals surface area contributed by atoms with Crippen LogP contribution in [-0.4, -0.2) is 38.6 Å². The maximum absolute atomic E-state index is 12.8. The van der Waals surface area contributed by atoms with Crippen LogP contribution in [0.3, 0.4) is 0 Å². The molecule has 1 saturated heterocycles. The number of nitrogens with one attached hydrogen (secondary N) is 1. The van der Waals surface area contributed by atoms with E-state index < -0.39 is 4.92 Å². The summed E-state index contributed by atoms with van der Waals surface area (Å²) in [5, 5.41) is 19.0. The van der Waals surface area contributed by atoms with Crippen molar-refractivity contribution in [2.24, 2.45) is 0 Å². The summed E-state index contributed by atoms with van der Waals surface area (Å²) in [7, 11) is 0. The fourth-order valence-electron chi connectivity index (χ4n) is 3.72. The molecule has 8 heteroatoms. The number of benzene rings is 2. The SMILES string of the molecule is O=C(c1cc(NCc2ccccc2Cn2cccn2)ccc1[N+](=O)[O-])N1CCCC1. The van der Waals surface area contributed by atoms with Crippen LogP contribution < -0.4 is 5.32 Å². The van der Waals surface area contributed by atoms with Crippen LogP contribution in [0.25, 0.3) is 0 Å². The quantitative estimate of drug-likeness (QED) is 0.478. The number of aromatic nitrogens is 2. The Morgan fingerprint density at radius 3 is 2.57 bits per heavy atom. The van der Waals surface area contributed by atoms with Crippen LogP contribution in [0.1, 0.15) is 34.3 Å². The second kappa shape index (κ2) is 8.77. The second-order valence-corrected chi connectivity index (χ2v) is 7.31. The molecule has 1 aromatic heterocycles. The van der Waals surface area contributed by atoms with Gasteiger partial charge in [-0.2, -0.15) is 5.10 Å². The summed E-state index contributed by atoms with van der Waals surface area (Å²) in [5.41, 5.74) is 2.88. The first-order valence-electron chi connectivity index (χ1n) is 9.97. The molecule has 0 bridgehead atoms. The van der Waals surface area contributed by atoms with E-state index in [-0.39, 0.29) is 17.2 Å². The van der Waals surface area contributed by atoms with Gasteiger partial charge in [-0.15, -0.1) is 0 Å². The zero-order chi connectivity index (χ0) is 20.9. The molecular weight excluding hydrogens is 382 g/mol. The highest BCUT2D eigenvalue weighted by atomic mass is 16.6. The third-order valence-corrected chi connectivity index (χ3v) is 5.31. The lowest BCUT2D eigenvalue weighted by Gasteiger charge is -2.16. The Kier molecular flexibility index (Phi) is 5.74. The lowest BCUT2D eigenvalue weighted by atomic mass is 10.1. The number of amides is 1. The zero-order valence-electron chi connectivity index (χ0n) is 16.5. The van der Waals surface area contributed by atoms with Gasteiger partial charge in [0.05, 0.1) is 11.5 Å². The Morgan fingerprint density at radius 1 is 1.10 bits per heavy atom. The minimum Gasteiger partial charge on any atom is -0.381 e. The molecule has 3 aromatic rings. The van der Waals surface area contributed by atoms with E-state index in [0.29, 0.717) is 31.9 Å². The highest BCUT2D eigenvalue weighted by Crippen LogP contribution is 2.26. The molecule has 0 saturated carbocycles. The molecule has 30 heavy (non-hydrogen) atoms. The first-order chi connectivity index (χ1) is 14.6. The van der Waals surface area contributed by atoms with Gasteiger partial charge in [0.25, 0.3) is 11.6 Å². The van der Waals surface area contributed by atoms with Crippen molar-refractivity contribution in [1.82, 2.24) is 14.7 Å². The normalized spacial score (nSPS) is 13.4. The molecule has 0 radical (unpaired) electrons. The molecule has 0 atom stereocenters. The number of hydrogen-bond acceptors (Lipinski definition) is 5. The molecule has 1 aliphatic heterocycles. The smallest absolute Gasteiger partial charge is 0.282 e. The molecule has 1 amide bonds. The fraction of sp³-hybridized carbons (Fsp3) is 0.273. The predicted molar refractivity (Wildman–Crippen MR) is 113 cm³/mol. The predicted octanol–water partition coefficient (Wildman–Crippen LogP) is 3.69. The van der Waals surface area contributed by atoms with Crippen molar-refractivity contribution in [3.05, 3.63) is 87.7 Å². The van der Waals surface area contributed by atoms with E-state index in [9.17, 15) is 14.9 Å². The number of carbonyl (C=O) groups excluding carboxylic acids is 1. The molecule has 0 spiro atoms. The second-order valence-electron chi connectivity index (χ2n) is 7.31. The first-order valence-corrected chi connectivity index (χ1v) is 9.97. The summed E-state index contributed by atoms with van der Waals surface area (Å²) in [5.74, 6) is -0.276. The molecule has 1 N–H and O–H groups in total. The lowest BCUT2D eigenvalue weighted by molar-refractivity contribution is -0.385. The van der Waals surface area contributed by atoms with Crippen LogP contribution in [-0.2, 0) is 13.1 Å². The van der Waals surface area contributed by atoms with E-state index in [2.05, 4.69) is 16.5 Å². The van der Waals surface area contributed by atoms with Crippen molar-refractivity contribution >= 4 is 17.3 Å². The van der Waals surface area contributed by atoms with Crippen molar-refractivity contribution in [3.8, 4) is 0 Å². The zero-order valence-corrected chi connectivity index (χ0v) is 16.5. The summed E-state index contributed by atoms with van der Waals surface area (Å²) in [6, 6.07) is 14.6. The van der Waals surface area contributed by atoms with E-state index in [1.165, 1.54) is 6.07 Å². The van der Waals surface area contributed by atoms with Gasteiger partial charge < -0.3 is 10.2 Å². The van der Waals surface area contributed by atoms with Crippen LogP contribution in [0, 0.1) is 10.1 Å². The third kappa shape index (κ3) is 4.32. The number of nitrogens with zero attached hydrogens (tertiary/aromatic N) is 4. The number of carbonyl (C=O) groups is 1. The van der Waals surface area contributed by atoms with E-state index in [0.717, 1.165) is 24.0 Å². The lowest BCUT2D eigenvalue weighted by Crippen LogP contribution is -2.28. The van der Waals surface area contributed by atoms with Crippen molar-refractivity contribution in [1.29, 1.82) is 0 Å². The average molecular weight is 405 g/mol. The van der Waals surface area contributed by atoms with Crippen molar-refractivity contribution < 1.29 is 9.72 Å². The largest absolute Gasteiger partial charge is 0.381 e. The van der Waals surface area contributed by atoms with Crippen molar-refractivity contribution in [3.63, 3.8) is 0 Å². The topological polar surface area (TPSA) is 93.3 Å². The maximum Gasteiger partial charge on any atom is 0.282 e. The van der Waals surface area contributed by atoms with Crippen LogP contribution in [0.2, 0.25) is 0 Å². The minimum absolute atomic E-state index is 0.136. The Balaban J connectivity index is 1.53. The molecule has 154 valence electrons. The summed E-state index contributed by atoms with van der Waals surface area (Å²) in [6.07, 6.45) is 5.53. The summed E-state index contributed by atoms with van der Waals surface area (Å²) in [6.45, 7) is 2.49. The molecule has 4 rings (SSSR count). The summed E-state index contributed by atoms with van der Waals surface area (Å²) < 4.78 is 1.86. The van der Waals surface area contributed by atoms with Gasteiger partial charge in [-0.3, -0.25) is 19.6 Å². The fourth-order valence-corrected chi connectivity index (χ4v) is 3.72. The molecule has 2 aromatic carbocycles. The number of nitro groups is 1. The van der Waals surface area contributed by atoms with Gasteiger partial charge in [0, 0.05) is 43.8 Å². The average Bonchev–Trinajstić information content (AvgIpc) is 3.47. The summed E-state index contributed by atoms with van der Waals surface area (Å²) in [4.78, 5) is 25.4. The minimum atomic E-state index is -0.494. The Bertz CT molecular complexity index is 1040. The van der Waals surface area contributed by atoms with Crippen LogP contribution >= 0.6 is 0 Å². The number of rotatable bonds is 7.